The van der Waals surface area contributed by atoms with Crippen LogP contribution in [0.4, 0.5) is 0 Å². The van der Waals surface area contributed by atoms with Crippen molar-refractivity contribution in [3.8, 4) is 0 Å². The van der Waals surface area contributed by atoms with Gasteiger partial charge in [0, 0.05) is 6.42 Å². The highest BCUT2D eigenvalue weighted by atomic mass is 16.6. The van der Waals surface area contributed by atoms with Crippen LogP contribution in [0.1, 0.15) is 27.8 Å². The van der Waals surface area contributed by atoms with Gasteiger partial charge in [-0.1, -0.05) is 152 Å². The van der Waals surface area contributed by atoms with E-state index in [1.165, 1.54) is 5.56 Å². The summed E-state index contributed by atoms with van der Waals surface area (Å²) in [7, 11) is 0. The van der Waals surface area contributed by atoms with Gasteiger partial charge in [-0.25, -0.2) is 0 Å². The molecular weight excluding hydrogens is 572 g/mol. The molecule has 5 aromatic carbocycles. The molecule has 1 aliphatic heterocycles. The van der Waals surface area contributed by atoms with E-state index in [2.05, 4.69) is 72.8 Å². The molecule has 1 fully saturated rings. The summed E-state index contributed by atoms with van der Waals surface area (Å²) in [6.07, 6.45) is -1.23. The molecule has 5 atom stereocenters. The molecule has 0 amide bonds. The Labute approximate surface area is 272 Å². The fourth-order valence-corrected chi connectivity index (χ4v) is 5.90. The first kappa shape index (κ1) is 31.9. The van der Waals surface area contributed by atoms with E-state index in [-0.39, 0.29) is 12.2 Å². The third-order valence-electron chi connectivity index (χ3n) is 8.26. The maximum absolute atomic E-state index is 6.96. The Balaban J connectivity index is 1.31. The molecule has 1 aliphatic rings. The van der Waals surface area contributed by atoms with Gasteiger partial charge in [-0.05, 0) is 27.8 Å². The summed E-state index contributed by atoms with van der Waals surface area (Å²) in [6.45, 7) is 2.13. The largest absolute Gasteiger partial charge is 0.374 e. The fraction of sp³-hybridized carbons (Fsp3) is 0.268. The molecule has 5 heteroatoms. The highest BCUT2D eigenvalue weighted by molar-refractivity contribution is 5.19. The van der Waals surface area contributed by atoms with Gasteiger partial charge < -0.3 is 23.7 Å². The molecule has 0 saturated carbocycles. The standard InChI is InChI=1S/C41H42O5/c1-6-16-32(17-7-1)26-37-39(43-28-34-20-10-3-11-21-34)41(45-30-36-24-14-5-15-25-36)40(44-29-35-22-12-4-13-23-35)38(46-37)31-42-27-33-18-8-2-9-19-33/h1-25,37-41H,26-31H2/t37?,38-,39+,40-,41-/m1/s1. The Kier molecular flexibility index (Phi) is 11.8. The van der Waals surface area contributed by atoms with Gasteiger partial charge in [0.05, 0.1) is 39.1 Å². The first-order valence-electron chi connectivity index (χ1n) is 16.1. The van der Waals surface area contributed by atoms with Gasteiger partial charge in [0.1, 0.15) is 24.4 Å². The molecule has 1 heterocycles. The molecule has 1 unspecified atom stereocenters. The second-order valence-corrected chi connectivity index (χ2v) is 11.7. The van der Waals surface area contributed by atoms with E-state index in [0.717, 1.165) is 22.3 Å². The van der Waals surface area contributed by atoms with Crippen LogP contribution in [-0.4, -0.2) is 37.1 Å². The number of rotatable bonds is 15. The molecule has 6 rings (SSSR count). The molecule has 0 radical (unpaired) electrons. The molecule has 0 N–H and O–H groups in total. The van der Waals surface area contributed by atoms with E-state index in [0.29, 0.717) is 39.5 Å². The summed E-state index contributed by atoms with van der Waals surface area (Å²) in [4.78, 5) is 0. The van der Waals surface area contributed by atoms with Crippen LogP contribution in [0, 0.1) is 0 Å². The smallest absolute Gasteiger partial charge is 0.115 e. The first-order valence-corrected chi connectivity index (χ1v) is 16.1. The second-order valence-electron chi connectivity index (χ2n) is 11.7. The summed E-state index contributed by atoms with van der Waals surface area (Å²) in [5.74, 6) is 0. The van der Waals surface area contributed by atoms with Crippen LogP contribution in [0.25, 0.3) is 0 Å². The van der Waals surface area contributed by atoms with Crippen molar-refractivity contribution in [1.82, 2.24) is 0 Å². The lowest BCUT2D eigenvalue weighted by Crippen LogP contribution is -2.61. The van der Waals surface area contributed by atoms with Crippen molar-refractivity contribution in [1.29, 1.82) is 0 Å². The van der Waals surface area contributed by atoms with E-state index in [1.807, 2.05) is 78.9 Å². The monoisotopic (exact) mass is 614 g/mol. The lowest BCUT2D eigenvalue weighted by molar-refractivity contribution is -0.272. The number of hydrogen-bond donors (Lipinski definition) is 0. The van der Waals surface area contributed by atoms with Crippen molar-refractivity contribution < 1.29 is 23.7 Å². The zero-order valence-electron chi connectivity index (χ0n) is 26.1. The van der Waals surface area contributed by atoms with E-state index in [4.69, 9.17) is 23.7 Å². The topological polar surface area (TPSA) is 46.2 Å². The summed E-state index contributed by atoms with van der Waals surface area (Å²) in [5, 5.41) is 0. The lowest BCUT2D eigenvalue weighted by atomic mass is 9.90. The molecule has 236 valence electrons. The Bertz CT molecular complexity index is 1530. The van der Waals surface area contributed by atoms with Crippen LogP contribution in [0.2, 0.25) is 0 Å². The van der Waals surface area contributed by atoms with Crippen molar-refractivity contribution in [3.05, 3.63) is 179 Å². The lowest BCUT2D eigenvalue weighted by Gasteiger charge is -2.46. The summed E-state index contributed by atoms with van der Waals surface area (Å²) in [5.41, 5.74) is 5.56. The van der Waals surface area contributed by atoms with Gasteiger partial charge in [0.25, 0.3) is 0 Å². The Morgan fingerprint density at radius 1 is 0.370 bits per heavy atom. The fourth-order valence-electron chi connectivity index (χ4n) is 5.90. The van der Waals surface area contributed by atoms with Crippen molar-refractivity contribution >= 4 is 0 Å². The minimum Gasteiger partial charge on any atom is -0.374 e. The molecule has 46 heavy (non-hydrogen) atoms. The molecule has 0 spiro atoms. The average Bonchev–Trinajstić information content (AvgIpc) is 3.12. The Morgan fingerprint density at radius 2 is 0.717 bits per heavy atom. The highest BCUT2D eigenvalue weighted by Crippen LogP contribution is 2.32. The van der Waals surface area contributed by atoms with Gasteiger partial charge >= 0.3 is 0 Å². The molecule has 5 nitrogen and oxygen atoms in total. The van der Waals surface area contributed by atoms with Crippen LogP contribution in [0.3, 0.4) is 0 Å². The van der Waals surface area contributed by atoms with Gasteiger partial charge in [-0.2, -0.15) is 0 Å². The van der Waals surface area contributed by atoms with Crippen molar-refractivity contribution in [2.45, 2.75) is 63.4 Å². The quantitative estimate of drug-likeness (QED) is 0.120. The van der Waals surface area contributed by atoms with Crippen LogP contribution in [0.5, 0.6) is 0 Å². The molecule has 0 bridgehead atoms. The molecule has 1 saturated heterocycles. The summed E-state index contributed by atoms with van der Waals surface area (Å²) in [6, 6.07) is 51.4. The predicted octanol–water partition coefficient (Wildman–Crippen LogP) is 7.97. The van der Waals surface area contributed by atoms with Crippen LogP contribution >= 0.6 is 0 Å². The van der Waals surface area contributed by atoms with Crippen molar-refractivity contribution in [2.75, 3.05) is 6.61 Å². The van der Waals surface area contributed by atoms with Crippen LogP contribution in [0.15, 0.2) is 152 Å². The predicted molar refractivity (Wildman–Crippen MR) is 180 cm³/mol. The zero-order chi connectivity index (χ0) is 31.2. The van der Waals surface area contributed by atoms with Gasteiger partial charge in [0.2, 0.25) is 0 Å². The van der Waals surface area contributed by atoms with E-state index in [9.17, 15) is 0 Å². The maximum Gasteiger partial charge on any atom is 0.115 e. The number of benzene rings is 5. The third kappa shape index (κ3) is 9.23. The average molecular weight is 615 g/mol. The molecule has 0 aliphatic carbocycles. The summed E-state index contributed by atoms with van der Waals surface area (Å²) < 4.78 is 33.7. The number of ether oxygens (including phenoxy) is 5. The normalized spacial score (nSPS) is 21.2. The van der Waals surface area contributed by atoms with Gasteiger partial charge in [-0.3, -0.25) is 0 Å². The zero-order valence-corrected chi connectivity index (χ0v) is 26.1. The van der Waals surface area contributed by atoms with Crippen LogP contribution < -0.4 is 0 Å². The van der Waals surface area contributed by atoms with Crippen molar-refractivity contribution in [3.63, 3.8) is 0 Å². The highest BCUT2D eigenvalue weighted by Gasteiger charge is 2.48. The SMILES string of the molecule is c1ccc(COC[C@H]2OC(Cc3ccccc3)[C@H](OCc3ccccc3)[C@@H](OCc3ccccc3)[C@@H]2OCc2ccccc2)cc1. The van der Waals surface area contributed by atoms with Crippen LogP contribution in [-0.2, 0) is 56.5 Å². The molecular formula is C41H42O5. The van der Waals surface area contributed by atoms with Gasteiger partial charge in [0.15, 0.2) is 0 Å². The molecule has 5 aromatic rings. The van der Waals surface area contributed by atoms with Crippen molar-refractivity contribution in [2.24, 2.45) is 0 Å². The van der Waals surface area contributed by atoms with E-state index >= 15 is 0 Å². The Hall–Kier alpha value is -4.10. The van der Waals surface area contributed by atoms with E-state index < -0.39 is 18.3 Å². The first-order chi connectivity index (χ1) is 22.8. The maximum atomic E-state index is 6.96. The second kappa shape index (κ2) is 17.0. The third-order valence-corrected chi connectivity index (χ3v) is 8.26. The minimum absolute atomic E-state index is 0.284. The minimum atomic E-state index is -0.438. The molecule has 0 aromatic heterocycles. The summed E-state index contributed by atoms with van der Waals surface area (Å²) >= 11 is 0. The van der Waals surface area contributed by atoms with Gasteiger partial charge in [-0.15, -0.1) is 0 Å². The van der Waals surface area contributed by atoms with E-state index in [1.54, 1.807) is 0 Å². The Morgan fingerprint density at radius 3 is 1.15 bits per heavy atom. The number of hydrogen-bond acceptors (Lipinski definition) is 5.